The number of para-hydroxylation sites is 1. The molecule has 186 valence electrons. The second kappa shape index (κ2) is 12.3. The summed E-state index contributed by atoms with van der Waals surface area (Å²) in [5, 5.41) is 3.02. The zero-order chi connectivity index (χ0) is 24.6. The molecule has 0 aromatic heterocycles. The van der Waals surface area contributed by atoms with Crippen LogP contribution in [0.2, 0.25) is 0 Å². The van der Waals surface area contributed by atoms with Crippen molar-refractivity contribution in [2.45, 2.75) is 45.1 Å². The Morgan fingerprint density at radius 3 is 2.35 bits per heavy atom. The third-order valence-corrected chi connectivity index (χ3v) is 8.38. The number of amides is 1. The van der Waals surface area contributed by atoms with Crippen molar-refractivity contribution in [1.29, 1.82) is 0 Å². The number of likely N-dealkylation sites (N-methyl/N-ethyl adjacent to an activating group) is 1. The molecule has 1 heterocycles. The number of benzene rings is 2. The van der Waals surface area contributed by atoms with Gasteiger partial charge in [0.1, 0.15) is 12.4 Å². The lowest BCUT2D eigenvalue weighted by molar-refractivity contribution is -0.126. The van der Waals surface area contributed by atoms with Gasteiger partial charge in [-0.05, 0) is 51.1 Å². The van der Waals surface area contributed by atoms with Crippen molar-refractivity contribution >= 4 is 15.9 Å². The molecule has 1 saturated heterocycles. The minimum absolute atomic E-state index is 0.0367. The molecule has 8 heteroatoms. The lowest BCUT2D eigenvalue weighted by atomic mass is 9.97. The molecule has 1 N–H and O–H groups in total. The summed E-state index contributed by atoms with van der Waals surface area (Å²) in [6.07, 6.45) is 1.03. The minimum Gasteiger partial charge on any atom is -0.492 e. The average molecular weight is 488 g/mol. The van der Waals surface area contributed by atoms with Gasteiger partial charge >= 0.3 is 0 Å². The molecule has 1 fully saturated rings. The largest absolute Gasteiger partial charge is 0.492 e. The van der Waals surface area contributed by atoms with Crippen LogP contribution >= 0.6 is 0 Å². The highest BCUT2D eigenvalue weighted by Gasteiger charge is 2.32. The molecule has 1 aliphatic heterocycles. The Kier molecular flexibility index (Phi) is 9.50. The maximum Gasteiger partial charge on any atom is 0.243 e. The van der Waals surface area contributed by atoms with Gasteiger partial charge in [0.15, 0.2) is 0 Å². The number of sulfonamides is 1. The molecular formula is C26H37N3O4S. The lowest BCUT2D eigenvalue weighted by Crippen LogP contribution is -2.42. The van der Waals surface area contributed by atoms with Crippen LogP contribution in [-0.4, -0.2) is 62.9 Å². The number of piperidine rings is 1. The maximum atomic E-state index is 12.9. The van der Waals surface area contributed by atoms with Crippen LogP contribution in [0.15, 0.2) is 53.4 Å². The highest BCUT2D eigenvalue weighted by atomic mass is 32.2. The van der Waals surface area contributed by atoms with Crippen molar-refractivity contribution in [2.75, 3.05) is 39.3 Å². The van der Waals surface area contributed by atoms with Gasteiger partial charge in [-0.3, -0.25) is 4.79 Å². The molecule has 1 aliphatic rings. The van der Waals surface area contributed by atoms with Crippen molar-refractivity contribution < 1.29 is 17.9 Å². The van der Waals surface area contributed by atoms with E-state index in [4.69, 9.17) is 4.74 Å². The van der Waals surface area contributed by atoms with Gasteiger partial charge in [-0.15, -0.1) is 0 Å². The first kappa shape index (κ1) is 26.2. The number of carbonyl (C=O) groups is 1. The van der Waals surface area contributed by atoms with Gasteiger partial charge in [-0.1, -0.05) is 49.7 Å². The van der Waals surface area contributed by atoms with Gasteiger partial charge in [-0.2, -0.15) is 4.31 Å². The van der Waals surface area contributed by atoms with Gasteiger partial charge in [0.2, 0.25) is 15.9 Å². The van der Waals surface area contributed by atoms with E-state index < -0.39 is 10.0 Å². The molecule has 0 unspecified atom stereocenters. The van der Waals surface area contributed by atoms with Crippen molar-refractivity contribution in [1.82, 2.24) is 14.5 Å². The van der Waals surface area contributed by atoms with Crippen LogP contribution in [0.25, 0.3) is 0 Å². The Morgan fingerprint density at radius 2 is 1.71 bits per heavy atom. The Hall–Kier alpha value is -2.42. The highest BCUT2D eigenvalue weighted by molar-refractivity contribution is 7.89. The predicted molar refractivity (Wildman–Crippen MR) is 134 cm³/mol. The summed E-state index contributed by atoms with van der Waals surface area (Å²) >= 11 is 0. The number of rotatable bonds is 11. The second-order valence-corrected chi connectivity index (χ2v) is 10.6. The van der Waals surface area contributed by atoms with E-state index in [1.165, 1.54) is 4.31 Å². The molecule has 0 aliphatic carbocycles. The summed E-state index contributed by atoms with van der Waals surface area (Å²) in [6.45, 7) is 10.7. The maximum absolute atomic E-state index is 12.9. The predicted octanol–water partition coefficient (Wildman–Crippen LogP) is 3.43. The third kappa shape index (κ3) is 6.81. The SMILES string of the molecule is CCN(CC)CCOc1ccccc1CNC(=O)C1CCN(S(=O)(=O)c2ccc(C)cc2)CC1. The Balaban J connectivity index is 1.50. The fourth-order valence-electron chi connectivity index (χ4n) is 4.16. The smallest absolute Gasteiger partial charge is 0.243 e. The fraction of sp³-hybridized carbons (Fsp3) is 0.500. The summed E-state index contributed by atoms with van der Waals surface area (Å²) in [4.78, 5) is 15.4. The van der Waals surface area contributed by atoms with Crippen molar-refractivity contribution in [3.05, 3.63) is 59.7 Å². The van der Waals surface area contributed by atoms with Gasteiger partial charge < -0.3 is 15.0 Å². The standard InChI is InChI=1S/C26H37N3O4S/c1-4-28(5-2)18-19-33-25-9-7-6-8-23(25)20-27-26(30)22-14-16-29(17-15-22)34(31,32)24-12-10-21(3)11-13-24/h6-13,22H,4-5,14-20H2,1-3H3,(H,27,30). The summed E-state index contributed by atoms with van der Waals surface area (Å²) in [5.41, 5.74) is 1.96. The fourth-order valence-corrected chi connectivity index (χ4v) is 5.63. The third-order valence-electron chi connectivity index (χ3n) is 6.47. The number of nitrogens with zero attached hydrogens (tertiary/aromatic N) is 2. The highest BCUT2D eigenvalue weighted by Crippen LogP contribution is 2.25. The normalized spacial score (nSPS) is 15.4. The average Bonchev–Trinajstić information content (AvgIpc) is 2.86. The van der Waals surface area contributed by atoms with E-state index in [0.29, 0.717) is 44.0 Å². The Labute approximate surface area is 204 Å². The number of hydrogen-bond donors (Lipinski definition) is 1. The van der Waals surface area contributed by atoms with E-state index in [9.17, 15) is 13.2 Å². The molecule has 2 aromatic rings. The molecule has 1 amide bonds. The summed E-state index contributed by atoms with van der Waals surface area (Å²) < 4.78 is 33.3. The van der Waals surface area contributed by atoms with E-state index in [0.717, 1.165) is 36.5 Å². The first-order valence-electron chi connectivity index (χ1n) is 12.1. The van der Waals surface area contributed by atoms with Crippen LogP contribution in [0, 0.1) is 12.8 Å². The molecule has 0 saturated carbocycles. The topological polar surface area (TPSA) is 79.0 Å². The number of ether oxygens (including phenoxy) is 1. The molecule has 7 nitrogen and oxygen atoms in total. The van der Waals surface area contributed by atoms with Crippen LogP contribution in [0.1, 0.15) is 37.8 Å². The van der Waals surface area contributed by atoms with Crippen molar-refractivity contribution in [2.24, 2.45) is 5.92 Å². The lowest BCUT2D eigenvalue weighted by Gasteiger charge is -2.30. The first-order valence-corrected chi connectivity index (χ1v) is 13.6. The summed E-state index contributed by atoms with van der Waals surface area (Å²) in [6, 6.07) is 14.7. The molecule has 34 heavy (non-hydrogen) atoms. The summed E-state index contributed by atoms with van der Waals surface area (Å²) in [5.74, 6) is 0.555. The Bertz CT molecular complexity index is 1030. The van der Waals surface area contributed by atoms with Crippen molar-refractivity contribution in [3.8, 4) is 5.75 Å². The van der Waals surface area contributed by atoms with Gasteiger partial charge in [0.05, 0.1) is 4.90 Å². The first-order chi connectivity index (χ1) is 16.3. The van der Waals surface area contributed by atoms with E-state index in [1.54, 1.807) is 24.3 Å². The minimum atomic E-state index is -3.53. The molecule has 0 bridgehead atoms. The molecule has 3 rings (SSSR count). The number of carbonyl (C=O) groups excluding carboxylic acids is 1. The van der Waals surface area contributed by atoms with E-state index in [1.807, 2.05) is 31.2 Å². The number of hydrogen-bond acceptors (Lipinski definition) is 5. The molecule has 0 spiro atoms. The molecule has 0 radical (unpaired) electrons. The van der Waals surface area contributed by atoms with E-state index in [-0.39, 0.29) is 11.8 Å². The zero-order valence-corrected chi connectivity index (χ0v) is 21.3. The zero-order valence-electron chi connectivity index (χ0n) is 20.5. The van der Waals surface area contributed by atoms with Gasteiger partial charge in [0.25, 0.3) is 0 Å². The number of aryl methyl sites for hydroxylation is 1. The van der Waals surface area contributed by atoms with Crippen LogP contribution in [0.5, 0.6) is 5.75 Å². The van der Waals surface area contributed by atoms with E-state index in [2.05, 4.69) is 24.1 Å². The van der Waals surface area contributed by atoms with E-state index >= 15 is 0 Å². The van der Waals surface area contributed by atoms with Gasteiger partial charge in [-0.25, -0.2) is 8.42 Å². The molecule has 2 aromatic carbocycles. The quantitative estimate of drug-likeness (QED) is 0.525. The monoisotopic (exact) mass is 487 g/mol. The van der Waals surface area contributed by atoms with Crippen molar-refractivity contribution in [3.63, 3.8) is 0 Å². The Morgan fingerprint density at radius 1 is 1.06 bits per heavy atom. The second-order valence-electron chi connectivity index (χ2n) is 8.69. The molecule has 0 atom stereocenters. The molecular weight excluding hydrogens is 450 g/mol. The van der Waals surface area contributed by atoms with Gasteiger partial charge in [0, 0.05) is 37.7 Å². The summed E-state index contributed by atoms with van der Waals surface area (Å²) in [7, 11) is -3.53. The van der Waals surface area contributed by atoms with Crippen LogP contribution in [-0.2, 0) is 21.4 Å². The van der Waals surface area contributed by atoms with Crippen LogP contribution in [0.4, 0.5) is 0 Å². The van der Waals surface area contributed by atoms with Crippen LogP contribution < -0.4 is 10.1 Å². The number of nitrogens with one attached hydrogen (secondary N) is 1. The van der Waals surface area contributed by atoms with Crippen LogP contribution in [0.3, 0.4) is 0 Å².